The van der Waals surface area contributed by atoms with Gasteiger partial charge in [-0.1, -0.05) is 0 Å². The van der Waals surface area contributed by atoms with E-state index in [1.54, 1.807) is 24.3 Å². The predicted molar refractivity (Wildman–Crippen MR) is 95.9 cm³/mol. The van der Waals surface area contributed by atoms with Gasteiger partial charge in [-0.2, -0.15) is 0 Å². The van der Waals surface area contributed by atoms with E-state index in [0.717, 1.165) is 0 Å². The van der Waals surface area contributed by atoms with Crippen molar-refractivity contribution in [3.05, 3.63) is 48.5 Å². The van der Waals surface area contributed by atoms with Crippen LogP contribution in [0.15, 0.2) is 53.4 Å². The zero-order valence-corrected chi connectivity index (χ0v) is 15.2. The number of nitrogens with two attached hydrogens (primary N) is 1. The minimum absolute atomic E-state index is 0.0809. The van der Waals surface area contributed by atoms with Gasteiger partial charge in [0.15, 0.2) is 13.2 Å². The zero-order chi connectivity index (χ0) is 19.9. The maximum absolute atomic E-state index is 11.8. The third-order valence-electron chi connectivity index (χ3n) is 3.25. The summed E-state index contributed by atoms with van der Waals surface area (Å²) in [6.45, 7) is -0.871. The summed E-state index contributed by atoms with van der Waals surface area (Å²) in [6.07, 6.45) is 0. The van der Waals surface area contributed by atoms with Gasteiger partial charge in [0.25, 0.3) is 5.91 Å². The van der Waals surface area contributed by atoms with Crippen LogP contribution in [0, 0.1) is 0 Å². The molecule has 27 heavy (non-hydrogen) atoms. The van der Waals surface area contributed by atoms with Crippen molar-refractivity contribution in [1.82, 2.24) is 0 Å². The first kappa shape index (κ1) is 20.2. The first-order valence-corrected chi connectivity index (χ1v) is 9.18. The normalized spacial score (nSPS) is 10.7. The lowest BCUT2D eigenvalue weighted by atomic mass is 10.3. The standard InChI is InChI=1S/C17H18N2O7S/c1-24-13-4-6-14(7-5-13)25-11-17(21)26-10-16(20)19-12-2-8-15(9-3-12)27(18,22)23/h2-9H,10-11H2,1H3,(H,19,20)(H2,18,22,23). The molecule has 0 saturated carbocycles. The van der Waals surface area contributed by atoms with Crippen LogP contribution in [0.3, 0.4) is 0 Å². The molecule has 1 amide bonds. The average Bonchev–Trinajstić information content (AvgIpc) is 2.65. The third-order valence-corrected chi connectivity index (χ3v) is 4.18. The van der Waals surface area contributed by atoms with E-state index in [2.05, 4.69) is 5.32 Å². The fourth-order valence-corrected chi connectivity index (χ4v) is 2.44. The molecule has 0 aromatic heterocycles. The number of anilines is 1. The Morgan fingerprint density at radius 3 is 2.11 bits per heavy atom. The van der Waals surface area contributed by atoms with Gasteiger partial charge >= 0.3 is 5.97 Å². The molecule has 0 fully saturated rings. The highest BCUT2D eigenvalue weighted by Gasteiger charge is 2.11. The molecule has 2 aromatic rings. The Labute approximate surface area is 156 Å². The quantitative estimate of drug-likeness (QED) is 0.635. The minimum Gasteiger partial charge on any atom is -0.497 e. The number of primary sulfonamides is 1. The van der Waals surface area contributed by atoms with Gasteiger partial charge in [-0.3, -0.25) is 4.79 Å². The summed E-state index contributed by atoms with van der Waals surface area (Å²) in [5, 5.41) is 7.44. The number of sulfonamides is 1. The van der Waals surface area contributed by atoms with Crippen LogP contribution in [0.1, 0.15) is 0 Å². The molecule has 3 N–H and O–H groups in total. The van der Waals surface area contributed by atoms with Gasteiger partial charge in [-0.05, 0) is 48.5 Å². The second-order valence-corrected chi connectivity index (χ2v) is 6.80. The fourth-order valence-electron chi connectivity index (χ4n) is 1.93. The van der Waals surface area contributed by atoms with Crippen molar-refractivity contribution in [1.29, 1.82) is 0 Å². The molecule has 2 rings (SSSR count). The summed E-state index contributed by atoms with van der Waals surface area (Å²) >= 11 is 0. The number of nitrogens with one attached hydrogen (secondary N) is 1. The van der Waals surface area contributed by atoms with Gasteiger partial charge < -0.3 is 19.5 Å². The fraction of sp³-hybridized carbons (Fsp3) is 0.176. The number of benzene rings is 2. The Morgan fingerprint density at radius 2 is 1.56 bits per heavy atom. The predicted octanol–water partition coefficient (Wildman–Crippen LogP) is 0.903. The molecule has 0 heterocycles. The number of carbonyl (C=O) groups is 2. The first-order valence-electron chi connectivity index (χ1n) is 7.63. The Kier molecular flexibility index (Phi) is 6.74. The van der Waals surface area contributed by atoms with Crippen LogP contribution in [0.2, 0.25) is 0 Å². The second kappa shape index (κ2) is 9.01. The van der Waals surface area contributed by atoms with Gasteiger partial charge in [0, 0.05) is 5.69 Å². The maximum Gasteiger partial charge on any atom is 0.344 e. The number of esters is 1. The molecular weight excluding hydrogens is 376 g/mol. The van der Waals surface area contributed by atoms with Crippen molar-refractivity contribution in [3.8, 4) is 11.5 Å². The molecule has 0 unspecified atom stereocenters. The lowest BCUT2D eigenvalue weighted by Gasteiger charge is -2.08. The van der Waals surface area contributed by atoms with Gasteiger partial charge in [0.1, 0.15) is 11.5 Å². The van der Waals surface area contributed by atoms with Crippen LogP contribution < -0.4 is 19.9 Å². The Hall–Kier alpha value is -3.11. The first-order chi connectivity index (χ1) is 12.8. The molecule has 0 spiro atoms. The smallest absolute Gasteiger partial charge is 0.344 e. The van der Waals surface area contributed by atoms with Crippen molar-refractivity contribution in [2.24, 2.45) is 5.14 Å². The van der Waals surface area contributed by atoms with E-state index in [-0.39, 0.29) is 11.5 Å². The lowest BCUT2D eigenvalue weighted by Crippen LogP contribution is -2.23. The number of rotatable bonds is 8. The number of methoxy groups -OCH3 is 1. The van der Waals surface area contributed by atoms with E-state index >= 15 is 0 Å². The Morgan fingerprint density at radius 1 is 0.963 bits per heavy atom. The number of hydrogen-bond acceptors (Lipinski definition) is 7. The summed E-state index contributed by atoms with van der Waals surface area (Å²) in [6, 6.07) is 11.8. The number of amides is 1. The molecule has 9 nitrogen and oxygen atoms in total. The summed E-state index contributed by atoms with van der Waals surface area (Å²) in [4.78, 5) is 23.3. The zero-order valence-electron chi connectivity index (χ0n) is 14.4. The Balaban J connectivity index is 1.75. The van der Waals surface area contributed by atoms with Crippen LogP contribution in [0.4, 0.5) is 5.69 Å². The molecule has 144 valence electrons. The molecule has 0 aliphatic rings. The monoisotopic (exact) mass is 394 g/mol. The largest absolute Gasteiger partial charge is 0.497 e. The topological polar surface area (TPSA) is 134 Å². The van der Waals surface area contributed by atoms with E-state index in [9.17, 15) is 18.0 Å². The summed E-state index contributed by atoms with van der Waals surface area (Å²) in [5.41, 5.74) is 0.331. The van der Waals surface area contributed by atoms with E-state index in [1.807, 2.05) is 0 Å². The molecule has 0 saturated heterocycles. The molecule has 0 bridgehead atoms. The molecule has 0 atom stereocenters. The van der Waals surface area contributed by atoms with Crippen molar-refractivity contribution in [3.63, 3.8) is 0 Å². The van der Waals surface area contributed by atoms with Gasteiger partial charge in [-0.15, -0.1) is 0 Å². The van der Waals surface area contributed by atoms with Crippen molar-refractivity contribution in [2.75, 3.05) is 25.6 Å². The summed E-state index contributed by atoms with van der Waals surface area (Å²) < 4.78 is 37.4. The van der Waals surface area contributed by atoms with Gasteiger partial charge in [-0.25, -0.2) is 18.4 Å². The highest BCUT2D eigenvalue weighted by atomic mass is 32.2. The Bertz CT molecular complexity index is 894. The van der Waals surface area contributed by atoms with Crippen LogP contribution in [-0.2, 0) is 24.3 Å². The van der Waals surface area contributed by atoms with Crippen molar-refractivity contribution < 1.29 is 32.2 Å². The number of carbonyl (C=O) groups excluding carboxylic acids is 2. The minimum atomic E-state index is -3.81. The highest BCUT2D eigenvalue weighted by Crippen LogP contribution is 2.17. The van der Waals surface area contributed by atoms with E-state index in [0.29, 0.717) is 17.2 Å². The molecule has 10 heteroatoms. The van der Waals surface area contributed by atoms with Crippen LogP contribution in [0.5, 0.6) is 11.5 Å². The van der Waals surface area contributed by atoms with Crippen LogP contribution in [0.25, 0.3) is 0 Å². The van der Waals surface area contributed by atoms with E-state index in [1.165, 1.54) is 31.4 Å². The number of ether oxygens (including phenoxy) is 3. The SMILES string of the molecule is COc1ccc(OCC(=O)OCC(=O)Nc2ccc(S(N)(=O)=O)cc2)cc1. The van der Waals surface area contributed by atoms with Crippen LogP contribution >= 0.6 is 0 Å². The van der Waals surface area contributed by atoms with E-state index < -0.39 is 28.5 Å². The summed E-state index contributed by atoms with van der Waals surface area (Å²) in [5.74, 6) is -0.201. The van der Waals surface area contributed by atoms with Gasteiger partial charge in [0.05, 0.1) is 12.0 Å². The van der Waals surface area contributed by atoms with Crippen molar-refractivity contribution >= 4 is 27.6 Å². The van der Waals surface area contributed by atoms with E-state index in [4.69, 9.17) is 19.3 Å². The highest BCUT2D eigenvalue weighted by molar-refractivity contribution is 7.89. The second-order valence-electron chi connectivity index (χ2n) is 5.24. The molecule has 0 radical (unpaired) electrons. The average molecular weight is 394 g/mol. The third kappa shape index (κ3) is 6.60. The molecule has 2 aromatic carbocycles. The van der Waals surface area contributed by atoms with Gasteiger partial charge in [0.2, 0.25) is 10.0 Å². The molecular formula is C17H18N2O7S. The van der Waals surface area contributed by atoms with Crippen molar-refractivity contribution in [2.45, 2.75) is 4.90 Å². The summed E-state index contributed by atoms with van der Waals surface area (Å²) in [7, 11) is -2.27. The van der Waals surface area contributed by atoms with Crippen LogP contribution in [-0.4, -0.2) is 40.6 Å². The maximum atomic E-state index is 11.8. The lowest BCUT2D eigenvalue weighted by molar-refractivity contribution is -0.149. The molecule has 0 aliphatic heterocycles. The number of hydrogen-bond donors (Lipinski definition) is 2. The molecule has 0 aliphatic carbocycles.